The van der Waals surface area contributed by atoms with Gasteiger partial charge in [-0.25, -0.2) is 0 Å². The number of β-amino-alcohol motifs (C(OH)–C–C–N with tert-alkyl or cyclic N) is 1. The van der Waals surface area contributed by atoms with Crippen LogP contribution < -0.4 is 4.74 Å². The van der Waals surface area contributed by atoms with Crippen LogP contribution >= 0.6 is 0 Å². The second kappa shape index (κ2) is 6.82. The van der Waals surface area contributed by atoms with Gasteiger partial charge in [-0.1, -0.05) is 0 Å². The Bertz CT molecular complexity index is 683. The molecular weight excluding hydrogens is 292 g/mol. The fraction of sp³-hybridized carbons (Fsp3) is 0.412. The van der Waals surface area contributed by atoms with E-state index in [0.29, 0.717) is 23.9 Å². The van der Waals surface area contributed by atoms with Crippen LogP contribution in [0.25, 0.3) is 0 Å². The van der Waals surface area contributed by atoms with Crippen molar-refractivity contribution < 1.29 is 9.84 Å². The van der Waals surface area contributed by atoms with E-state index < -0.39 is 6.10 Å². The molecule has 0 radical (unpaired) electrons. The lowest BCUT2D eigenvalue weighted by atomic mass is 10.1. The van der Waals surface area contributed by atoms with Crippen molar-refractivity contribution in [3.05, 3.63) is 47.8 Å². The second-order valence-corrected chi connectivity index (χ2v) is 5.97. The zero-order valence-electron chi connectivity index (χ0n) is 13.1. The number of nitriles is 1. The van der Waals surface area contributed by atoms with Gasteiger partial charge in [-0.3, -0.25) is 9.58 Å². The quantitative estimate of drug-likeness (QED) is 0.872. The van der Waals surface area contributed by atoms with Crippen LogP contribution in [-0.2, 0) is 0 Å². The Morgan fingerprint density at radius 2 is 2.13 bits per heavy atom. The van der Waals surface area contributed by atoms with Gasteiger partial charge in [0.1, 0.15) is 18.5 Å². The molecule has 0 bridgehead atoms. The highest BCUT2D eigenvalue weighted by Gasteiger charge is 2.29. The monoisotopic (exact) mass is 312 g/mol. The Kier molecular flexibility index (Phi) is 4.60. The number of aryl methyl sites for hydroxylation is 1. The standard InChI is InChI=1S/C17H20N4O2/c1-13-7-19-21(8-13)15-9-20(10-15)11-16(22)12-23-17-4-2-14(6-18)3-5-17/h2-5,7-8,15-16,22H,9-12H2,1H3/t16-/m0/s1. The van der Waals surface area contributed by atoms with Gasteiger partial charge >= 0.3 is 0 Å². The summed E-state index contributed by atoms with van der Waals surface area (Å²) in [5, 5.41) is 23.1. The third-order valence-corrected chi connectivity index (χ3v) is 3.94. The van der Waals surface area contributed by atoms with Gasteiger partial charge in [-0.15, -0.1) is 0 Å². The van der Waals surface area contributed by atoms with Crippen molar-refractivity contribution in [1.29, 1.82) is 5.26 Å². The first-order chi connectivity index (χ1) is 11.1. The number of rotatable bonds is 6. The summed E-state index contributed by atoms with van der Waals surface area (Å²) in [6, 6.07) is 9.35. The van der Waals surface area contributed by atoms with Gasteiger partial charge in [0.2, 0.25) is 0 Å². The number of aliphatic hydroxyl groups is 1. The molecule has 0 spiro atoms. The average Bonchev–Trinajstić information content (AvgIpc) is 2.95. The van der Waals surface area contributed by atoms with Crippen molar-refractivity contribution in [3.8, 4) is 11.8 Å². The lowest BCUT2D eigenvalue weighted by molar-refractivity contribution is 0.0204. The van der Waals surface area contributed by atoms with Crippen molar-refractivity contribution in [3.63, 3.8) is 0 Å². The fourth-order valence-electron chi connectivity index (χ4n) is 2.66. The highest BCUT2D eigenvalue weighted by molar-refractivity contribution is 5.34. The van der Waals surface area contributed by atoms with Crippen molar-refractivity contribution >= 4 is 0 Å². The number of nitrogens with zero attached hydrogens (tertiary/aromatic N) is 4. The molecule has 1 atom stereocenters. The summed E-state index contributed by atoms with van der Waals surface area (Å²) < 4.78 is 7.54. The maximum atomic E-state index is 10.1. The molecule has 1 saturated heterocycles. The van der Waals surface area contributed by atoms with Crippen molar-refractivity contribution in [2.45, 2.75) is 19.1 Å². The van der Waals surface area contributed by atoms with E-state index in [9.17, 15) is 5.11 Å². The number of benzene rings is 1. The van der Waals surface area contributed by atoms with Gasteiger partial charge in [0.05, 0.1) is 23.9 Å². The molecule has 6 heteroatoms. The predicted octanol–water partition coefficient (Wildman–Crippen LogP) is 1.36. The average molecular weight is 312 g/mol. The topological polar surface area (TPSA) is 74.3 Å². The third-order valence-electron chi connectivity index (χ3n) is 3.94. The lowest BCUT2D eigenvalue weighted by Gasteiger charge is -2.40. The lowest BCUT2D eigenvalue weighted by Crippen LogP contribution is -2.51. The molecule has 1 aromatic carbocycles. The Morgan fingerprint density at radius 3 is 2.74 bits per heavy atom. The van der Waals surface area contributed by atoms with Crippen LogP contribution in [-0.4, -0.2) is 52.1 Å². The zero-order valence-corrected chi connectivity index (χ0v) is 13.1. The van der Waals surface area contributed by atoms with E-state index in [4.69, 9.17) is 10.00 Å². The summed E-state index contributed by atoms with van der Waals surface area (Å²) in [5.41, 5.74) is 1.76. The van der Waals surface area contributed by atoms with Crippen LogP contribution in [0.3, 0.4) is 0 Å². The van der Waals surface area contributed by atoms with E-state index in [1.165, 1.54) is 5.56 Å². The molecule has 2 heterocycles. The Morgan fingerprint density at radius 1 is 1.39 bits per heavy atom. The molecule has 23 heavy (non-hydrogen) atoms. The molecule has 120 valence electrons. The molecular formula is C17H20N4O2. The van der Waals surface area contributed by atoms with Gasteiger partial charge in [0.15, 0.2) is 0 Å². The summed E-state index contributed by atoms with van der Waals surface area (Å²) in [4.78, 5) is 2.19. The summed E-state index contributed by atoms with van der Waals surface area (Å²) >= 11 is 0. The summed E-state index contributed by atoms with van der Waals surface area (Å²) in [6.07, 6.45) is 3.38. The summed E-state index contributed by atoms with van der Waals surface area (Å²) in [7, 11) is 0. The first kappa shape index (κ1) is 15.5. The first-order valence-electron chi connectivity index (χ1n) is 7.68. The third kappa shape index (κ3) is 3.89. The van der Waals surface area contributed by atoms with Gasteiger partial charge in [-0.2, -0.15) is 10.4 Å². The highest BCUT2D eigenvalue weighted by atomic mass is 16.5. The Hall–Kier alpha value is -2.36. The molecule has 0 amide bonds. The highest BCUT2D eigenvalue weighted by Crippen LogP contribution is 2.21. The Labute approximate surface area is 135 Å². The SMILES string of the molecule is Cc1cnn(C2CN(C[C@H](O)COc3ccc(C#N)cc3)C2)c1. The molecule has 6 nitrogen and oxygen atoms in total. The van der Waals surface area contributed by atoms with E-state index in [1.54, 1.807) is 24.3 Å². The molecule has 0 saturated carbocycles. The minimum atomic E-state index is -0.536. The van der Waals surface area contributed by atoms with Crippen LogP contribution in [0.2, 0.25) is 0 Å². The van der Waals surface area contributed by atoms with Gasteiger partial charge in [-0.05, 0) is 36.8 Å². The van der Waals surface area contributed by atoms with E-state index in [0.717, 1.165) is 13.1 Å². The van der Waals surface area contributed by atoms with Crippen molar-refractivity contribution in [2.75, 3.05) is 26.2 Å². The number of aliphatic hydroxyl groups excluding tert-OH is 1. The minimum Gasteiger partial charge on any atom is -0.491 e. The fourth-order valence-corrected chi connectivity index (χ4v) is 2.66. The summed E-state index contributed by atoms with van der Waals surface area (Å²) in [5.74, 6) is 0.663. The maximum absolute atomic E-state index is 10.1. The molecule has 0 aliphatic carbocycles. The van der Waals surface area contributed by atoms with Crippen molar-refractivity contribution in [2.24, 2.45) is 0 Å². The Balaban J connectivity index is 1.39. The minimum absolute atomic E-state index is 0.244. The van der Waals surface area contributed by atoms with Crippen molar-refractivity contribution in [1.82, 2.24) is 14.7 Å². The van der Waals surface area contributed by atoms with Crippen LogP contribution in [0, 0.1) is 18.3 Å². The van der Waals surface area contributed by atoms with Crippen LogP contribution in [0.4, 0.5) is 0 Å². The molecule has 1 aliphatic heterocycles. The summed E-state index contributed by atoms with van der Waals surface area (Å²) in [6.45, 7) is 4.66. The number of hydrogen-bond acceptors (Lipinski definition) is 5. The predicted molar refractivity (Wildman–Crippen MR) is 85.1 cm³/mol. The smallest absolute Gasteiger partial charge is 0.119 e. The number of hydrogen-bond donors (Lipinski definition) is 1. The molecule has 1 fully saturated rings. The number of likely N-dealkylation sites (tertiary alicyclic amines) is 1. The zero-order chi connectivity index (χ0) is 16.2. The van der Waals surface area contributed by atoms with Gasteiger partial charge in [0, 0.05) is 25.8 Å². The van der Waals surface area contributed by atoms with Gasteiger partial charge in [0.25, 0.3) is 0 Å². The number of aromatic nitrogens is 2. The van der Waals surface area contributed by atoms with Crippen LogP contribution in [0.1, 0.15) is 17.2 Å². The van der Waals surface area contributed by atoms with E-state index in [-0.39, 0.29) is 6.61 Å². The largest absolute Gasteiger partial charge is 0.491 e. The molecule has 0 unspecified atom stereocenters. The first-order valence-corrected chi connectivity index (χ1v) is 7.68. The molecule has 1 N–H and O–H groups in total. The number of ether oxygens (including phenoxy) is 1. The van der Waals surface area contributed by atoms with E-state index in [2.05, 4.69) is 16.1 Å². The second-order valence-electron chi connectivity index (χ2n) is 5.97. The maximum Gasteiger partial charge on any atom is 0.119 e. The van der Waals surface area contributed by atoms with Crippen LogP contribution in [0.5, 0.6) is 5.75 Å². The molecule has 3 rings (SSSR count). The van der Waals surface area contributed by atoms with Crippen LogP contribution in [0.15, 0.2) is 36.7 Å². The van der Waals surface area contributed by atoms with E-state index in [1.807, 2.05) is 24.0 Å². The molecule has 1 aromatic heterocycles. The molecule has 2 aromatic rings. The molecule has 1 aliphatic rings. The van der Waals surface area contributed by atoms with Gasteiger partial charge < -0.3 is 9.84 Å². The normalized spacial score (nSPS) is 16.6. The van der Waals surface area contributed by atoms with E-state index >= 15 is 0 Å².